The summed E-state index contributed by atoms with van der Waals surface area (Å²) in [5.74, 6) is 0.628. The average molecular weight is 290 g/mol. The van der Waals surface area contributed by atoms with Crippen molar-refractivity contribution < 1.29 is 14.6 Å². The third-order valence-electron chi connectivity index (χ3n) is 4.19. The Kier molecular flexibility index (Phi) is 4.12. The highest BCUT2D eigenvalue weighted by Crippen LogP contribution is 2.38. The molecule has 0 radical (unpaired) electrons. The maximum atomic E-state index is 12.0. The van der Waals surface area contributed by atoms with Gasteiger partial charge in [-0.25, -0.2) is 4.79 Å². The zero-order chi connectivity index (χ0) is 14.8. The van der Waals surface area contributed by atoms with Crippen molar-refractivity contribution in [2.45, 2.75) is 44.4 Å². The standard InChI is InChI=1S/C16H22N2O3/c1-10(19)11-4-6-13(7-5-11)17-16(20)18-14-8-9-21-15(14)12-2-3-12/h4-7,10,12,14-15,19H,2-3,8-9H2,1H3,(H2,17,18,20). The maximum Gasteiger partial charge on any atom is 0.319 e. The number of carbonyl (C=O) groups is 1. The second-order valence-corrected chi connectivity index (χ2v) is 5.96. The van der Waals surface area contributed by atoms with Gasteiger partial charge in [0.05, 0.1) is 18.2 Å². The predicted octanol–water partition coefficient (Wildman–Crippen LogP) is 2.43. The smallest absolute Gasteiger partial charge is 0.319 e. The first-order valence-corrected chi connectivity index (χ1v) is 7.60. The fourth-order valence-corrected chi connectivity index (χ4v) is 2.84. The molecule has 1 aromatic carbocycles. The summed E-state index contributed by atoms with van der Waals surface area (Å²) in [5, 5.41) is 15.3. The Morgan fingerprint density at radius 1 is 1.29 bits per heavy atom. The second-order valence-electron chi connectivity index (χ2n) is 5.96. The summed E-state index contributed by atoms with van der Waals surface area (Å²) in [6.45, 7) is 2.45. The van der Waals surface area contributed by atoms with Gasteiger partial charge in [-0.15, -0.1) is 0 Å². The molecule has 5 nitrogen and oxygen atoms in total. The van der Waals surface area contributed by atoms with Crippen LogP contribution in [0.4, 0.5) is 10.5 Å². The fourth-order valence-electron chi connectivity index (χ4n) is 2.84. The number of urea groups is 1. The number of ether oxygens (including phenoxy) is 1. The lowest BCUT2D eigenvalue weighted by Crippen LogP contribution is -2.43. The van der Waals surface area contributed by atoms with Gasteiger partial charge in [0.15, 0.2) is 0 Å². The van der Waals surface area contributed by atoms with Crippen LogP contribution in [0.25, 0.3) is 0 Å². The highest BCUT2D eigenvalue weighted by molar-refractivity contribution is 5.89. The van der Waals surface area contributed by atoms with E-state index in [1.807, 2.05) is 12.1 Å². The number of carbonyl (C=O) groups excluding carboxylic acids is 1. The molecule has 1 aromatic rings. The van der Waals surface area contributed by atoms with Gasteiger partial charge < -0.3 is 20.5 Å². The molecule has 1 saturated heterocycles. The predicted molar refractivity (Wildman–Crippen MR) is 80.1 cm³/mol. The first-order valence-electron chi connectivity index (χ1n) is 7.60. The van der Waals surface area contributed by atoms with Crippen LogP contribution in [-0.4, -0.2) is 29.9 Å². The van der Waals surface area contributed by atoms with E-state index in [9.17, 15) is 9.90 Å². The molecule has 3 unspecified atom stereocenters. The number of amides is 2. The molecule has 21 heavy (non-hydrogen) atoms. The lowest BCUT2D eigenvalue weighted by molar-refractivity contribution is 0.0829. The molecule has 1 saturated carbocycles. The molecule has 2 fully saturated rings. The van der Waals surface area contributed by atoms with Crippen LogP contribution in [-0.2, 0) is 4.74 Å². The number of nitrogens with one attached hydrogen (secondary N) is 2. The van der Waals surface area contributed by atoms with Crippen LogP contribution in [0, 0.1) is 5.92 Å². The first-order chi connectivity index (χ1) is 10.1. The highest BCUT2D eigenvalue weighted by atomic mass is 16.5. The van der Waals surface area contributed by atoms with Gasteiger partial charge in [-0.1, -0.05) is 12.1 Å². The molecule has 2 amide bonds. The summed E-state index contributed by atoms with van der Waals surface area (Å²) in [7, 11) is 0. The molecule has 1 aliphatic carbocycles. The summed E-state index contributed by atoms with van der Waals surface area (Å²) in [6.07, 6.45) is 3.00. The molecule has 5 heteroatoms. The zero-order valence-corrected chi connectivity index (χ0v) is 12.2. The molecule has 0 aromatic heterocycles. The van der Waals surface area contributed by atoms with Gasteiger partial charge in [0.1, 0.15) is 0 Å². The summed E-state index contributed by atoms with van der Waals surface area (Å²) >= 11 is 0. The Labute approximate surface area is 124 Å². The van der Waals surface area contributed by atoms with E-state index in [1.165, 1.54) is 12.8 Å². The third-order valence-corrected chi connectivity index (χ3v) is 4.19. The van der Waals surface area contributed by atoms with E-state index in [1.54, 1.807) is 19.1 Å². The minimum absolute atomic E-state index is 0.120. The molecule has 2 aliphatic rings. The van der Waals surface area contributed by atoms with Gasteiger partial charge in [0.2, 0.25) is 0 Å². The van der Waals surface area contributed by atoms with E-state index in [4.69, 9.17) is 4.74 Å². The van der Waals surface area contributed by atoms with Crippen LogP contribution in [0.5, 0.6) is 0 Å². The van der Waals surface area contributed by atoms with E-state index < -0.39 is 6.10 Å². The minimum Gasteiger partial charge on any atom is -0.389 e. The van der Waals surface area contributed by atoms with Gasteiger partial charge in [0.25, 0.3) is 0 Å². The van der Waals surface area contributed by atoms with E-state index in [0.717, 1.165) is 24.3 Å². The van der Waals surface area contributed by atoms with Gasteiger partial charge >= 0.3 is 6.03 Å². The van der Waals surface area contributed by atoms with Crippen molar-refractivity contribution in [3.05, 3.63) is 29.8 Å². The number of benzene rings is 1. The Morgan fingerprint density at radius 3 is 2.62 bits per heavy atom. The lowest BCUT2D eigenvalue weighted by atomic mass is 10.1. The quantitative estimate of drug-likeness (QED) is 0.797. The molecule has 3 N–H and O–H groups in total. The molecular weight excluding hydrogens is 268 g/mol. The van der Waals surface area contributed by atoms with Crippen LogP contribution in [0.15, 0.2) is 24.3 Å². The van der Waals surface area contributed by atoms with Crippen LogP contribution in [0.1, 0.15) is 37.9 Å². The van der Waals surface area contributed by atoms with Crippen molar-refractivity contribution >= 4 is 11.7 Å². The van der Waals surface area contributed by atoms with Gasteiger partial charge in [-0.05, 0) is 49.8 Å². The molecule has 3 rings (SSSR count). The van der Waals surface area contributed by atoms with Crippen LogP contribution < -0.4 is 10.6 Å². The summed E-state index contributed by atoms with van der Waals surface area (Å²) < 4.78 is 5.71. The number of hydrogen-bond donors (Lipinski definition) is 3. The molecule has 1 heterocycles. The summed E-state index contributed by atoms with van der Waals surface area (Å²) in [4.78, 5) is 12.0. The molecule has 0 bridgehead atoms. The SMILES string of the molecule is CC(O)c1ccc(NC(=O)NC2CCOC2C2CC2)cc1. The largest absolute Gasteiger partial charge is 0.389 e. The highest BCUT2D eigenvalue weighted by Gasteiger charge is 2.41. The molecule has 3 atom stereocenters. The molecular formula is C16H22N2O3. The number of anilines is 1. The van der Waals surface area contributed by atoms with Crippen LogP contribution in [0.3, 0.4) is 0 Å². The van der Waals surface area contributed by atoms with E-state index in [0.29, 0.717) is 5.92 Å². The average Bonchev–Trinajstić information content (AvgIpc) is 3.20. The van der Waals surface area contributed by atoms with Gasteiger partial charge in [0, 0.05) is 12.3 Å². The number of aliphatic hydroxyl groups is 1. The Bertz CT molecular complexity index is 497. The van der Waals surface area contributed by atoms with Crippen molar-refractivity contribution in [2.24, 2.45) is 5.92 Å². The van der Waals surface area contributed by atoms with E-state index in [-0.39, 0.29) is 18.2 Å². The number of rotatable bonds is 4. The number of aliphatic hydroxyl groups excluding tert-OH is 1. The Morgan fingerprint density at radius 2 is 2.00 bits per heavy atom. The van der Waals surface area contributed by atoms with Crippen LogP contribution >= 0.6 is 0 Å². The van der Waals surface area contributed by atoms with Gasteiger partial charge in [-0.3, -0.25) is 0 Å². The Hall–Kier alpha value is -1.59. The van der Waals surface area contributed by atoms with E-state index in [2.05, 4.69) is 10.6 Å². The third kappa shape index (κ3) is 3.54. The monoisotopic (exact) mass is 290 g/mol. The molecule has 0 spiro atoms. The second kappa shape index (κ2) is 6.03. The minimum atomic E-state index is -0.497. The zero-order valence-electron chi connectivity index (χ0n) is 12.2. The number of hydrogen-bond acceptors (Lipinski definition) is 3. The normalized spacial score (nSPS) is 26.4. The first kappa shape index (κ1) is 14.4. The summed E-state index contributed by atoms with van der Waals surface area (Å²) in [5.41, 5.74) is 1.55. The van der Waals surface area contributed by atoms with Crippen molar-refractivity contribution in [3.63, 3.8) is 0 Å². The topological polar surface area (TPSA) is 70.6 Å². The van der Waals surface area contributed by atoms with Crippen LogP contribution in [0.2, 0.25) is 0 Å². The van der Waals surface area contributed by atoms with Crippen molar-refractivity contribution in [3.8, 4) is 0 Å². The van der Waals surface area contributed by atoms with Crippen molar-refractivity contribution in [1.82, 2.24) is 5.32 Å². The summed E-state index contributed by atoms with van der Waals surface area (Å²) in [6, 6.07) is 7.14. The van der Waals surface area contributed by atoms with Gasteiger partial charge in [-0.2, -0.15) is 0 Å². The van der Waals surface area contributed by atoms with Crippen molar-refractivity contribution in [1.29, 1.82) is 0 Å². The fraction of sp³-hybridized carbons (Fsp3) is 0.562. The molecule has 114 valence electrons. The lowest BCUT2D eigenvalue weighted by Gasteiger charge is -2.19. The van der Waals surface area contributed by atoms with Crippen molar-refractivity contribution in [2.75, 3.05) is 11.9 Å². The maximum absolute atomic E-state index is 12.0. The Balaban J connectivity index is 1.53. The van der Waals surface area contributed by atoms with E-state index >= 15 is 0 Å². The molecule has 1 aliphatic heterocycles.